The largest absolute Gasteiger partial charge is 0.467 e. The molecule has 1 amide bonds. The number of carbonyl (C=O) groups is 2. The number of ether oxygens (including phenoxy) is 1. The van der Waals surface area contributed by atoms with Crippen molar-refractivity contribution < 1.29 is 19.4 Å². The molecule has 1 heterocycles. The van der Waals surface area contributed by atoms with E-state index in [2.05, 4.69) is 0 Å². The van der Waals surface area contributed by atoms with Crippen molar-refractivity contribution in [1.29, 1.82) is 0 Å². The second-order valence-corrected chi connectivity index (χ2v) is 4.89. The summed E-state index contributed by atoms with van der Waals surface area (Å²) in [5, 5.41) is 9.01. The summed E-state index contributed by atoms with van der Waals surface area (Å²) in [7, 11) is 1.34. The lowest BCUT2D eigenvalue weighted by Gasteiger charge is -2.33. The number of nitrogens with zero attached hydrogens (tertiary/aromatic N) is 1. The van der Waals surface area contributed by atoms with Crippen LogP contribution in [0.3, 0.4) is 0 Å². The van der Waals surface area contributed by atoms with Crippen LogP contribution in [0.5, 0.6) is 0 Å². The molecule has 0 saturated carbocycles. The number of rotatable bonds is 3. The number of benzene rings is 1. The van der Waals surface area contributed by atoms with E-state index in [0.717, 1.165) is 18.4 Å². The molecule has 0 bridgehead atoms. The van der Waals surface area contributed by atoms with E-state index >= 15 is 0 Å². The monoisotopic (exact) mass is 277 g/mol. The zero-order valence-electron chi connectivity index (χ0n) is 11.5. The molecule has 1 aromatic rings. The molecule has 2 rings (SSSR count). The number of amides is 1. The maximum atomic E-state index is 12.5. The van der Waals surface area contributed by atoms with E-state index in [0.29, 0.717) is 18.5 Å². The zero-order valence-corrected chi connectivity index (χ0v) is 11.5. The maximum Gasteiger partial charge on any atom is 0.328 e. The van der Waals surface area contributed by atoms with Gasteiger partial charge in [-0.1, -0.05) is 12.1 Å². The summed E-state index contributed by atoms with van der Waals surface area (Å²) in [6.45, 7) is 0.517. The molecule has 1 atom stereocenters. The van der Waals surface area contributed by atoms with Crippen LogP contribution >= 0.6 is 0 Å². The van der Waals surface area contributed by atoms with Gasteiger partial charge >= 0.3 is 5.97 Å². The van der Waals surface area contributed by atoms with Crippen LogP contribution in [-0.4, -0.2) is 41.6 Å². The lowest BCUT2D eigenvalue weighted by Crippen LogP contribution is -2.48. The minimum absolute atomic E-state index is 0.0526. The molecule has 0 aliphatic carbocycles. The number of likely N-dealkylation sites (tertiary alicyclic amines) is 1. The van der Waals surface area contributed by atoms with E-state index in [1.54, 1.807) is 29.2 Å². The van der Waals surface area contributed by atoms with Gasteiger partial charge in [-0.2, -0.15) is 0 Å². The Morgan fingerprint density at radius 2 is 2.00 bits per heavy atom. The molecule has 1 fully saturated rings. The molecule has 1 unspecified atom stereocenters. The van der Waals surface area contributed by atoms with Crippen molar-refractivity contribution in [2.75, 3.05) is 13.7 Å². The average molecular weight is 277 g/mol. The van der Waals surface area contributed by atoms with Crippen LogP contribution in [0.4, 0.5) is 0 Å². The summed E-state index contributed by atoms with van der Waals surface area (Å²) < 4.78 is 4.78. The highest BCUT2D eigenvalue weighted by molar-refractivity contribution is 5.97. The lowest BCUT2D eigenvalue weighted by atomic mass is 10.0. The van der Waals surface area contributed by atoms with E-state index < -0.39 is 6.04 Å². The van der Waals surface area contributed by atoms with E-state index in [1.807, 2.05) is 0 Å². The molecule has 0 aromatic heterocycles. The molecular formula is C15H19NO4. The third kappa shape index (κ3) is 2.99. The highest BCUT2D eigenvalue weighted by Gasteiger charge is 2.33. The first-order valence-electron chi connectivity index (χ1n) is 6.76. The Bertz CT molecular complexity index is 483. The van der Waals surface area contributed by atoms with Gasteiger partial charge < -0.3 is 14.7 Å². The standard InChI is InChI=1S/C15H19NO4/c1-20-15(19)13-4-2-3-9-16(13)14(18)12-7-5-11(10-17)6-8-12/h5-8,13,17H,2-4,9-10H2,1H3. The van der Waals surface area contributed by atoms with Gasteiger partial charge in [-0.15, -0.1) is 0 Å². The van der Waals surface area contributed by atoms with Crippen LogP contribution in [0.1, 0.15) is 35.2 Å². The van der Waals surface area contributed by atoms with E-state index in [4.69, 9.17) is 9.84 Å². The summed E-state index contributed by atoms with van der Waals surface area (Å²) >= 11 is 0. The van der Waals surface area contributed by atoms with Crippen LogP contribution in [0.15, 0.2) is 24.3 Å². The van der Waals surface area contributed by atoms with Gasteiger partial charge in [0, 0.05) is 12.1 Å². The number of aliphatic hydroxyl groups is 1. The SMILES string of the molecule is COC(=O)C1CCCCN1C(=O)c1ccc(CO)cc1. The fraction of sp³-hybridized carbons (Fsp3) is 0.467. The molecule has 5 nitrogen and oxygen atoms in total. The quantitative estimate of drug-likeness (QED) is 0.847. The number of piperidine rings is 1. The first-order valence-corrected chi connectivity index (χ1v) is 6.76. The summed E-state index contributed by atoms with van der Waals surface area (Å²) in [6, 6.07) is 6.29. The summed E-state index contributed by atoms with van der Waals surface area (Å²) in [4.78, 5) is 25.8. The molecule has 1 aromatic carbocycles. The Balaban J connectivity index is 2.18. The Kier molecular flexibility index (Phi) is 4.74. The molecule has 108 valence electrons. The smallest absolute Gasteiger partial charge is 0.328 e. The minimum atomic E-state index is -0.487. The normalized spacial score (nSPS) is 18.7. The third-order valence-corrected chi connectivity index (χ3v) is 3.62. The third-order valence-electron chi connectivity index (χ3n) is 3.62. The van der Waals surface area contributed by atoms with Crippen molar-refractivity contribution in [2.24, 2.45) is 0 Å². The second kappa shape index (κ2) is 6.52. The van der Waals surface area contributed by atoms with Crippen molar-refractivity contribution in [3.63, 3.8) is 0 Å². The van der Waals surface area contributed by atoms with Crippen LogP contribution in [0.25, 0.3) is 0 Å². The Morgan fingerprint density at radius 1 is 1.30 bits per heavy atom. The van der Waals surface area contributed by atoms with Gasteiger partial charge in [-0.25, -0.2) is 4.79 Å². The lowest BCUT2D eigenvalue weighted by molar-refractivity contribution is -0.147. The van der Waals surface area contributed by atoms with Crippen molar-refractivity contribution >= 4 is 11.9 Å². The number of hydrogen-bond acceptors (Lipinski definition) is 4. The van der Waals surface area contributed by atoms with Crippen molar-refractivity contribution in [1.82, 2.24) is 4.90 Å². The molecule has 1 N–H and O–H groups in total. The summed E-state index contributed by atoms with van der Waals surface area (Å²) in [6.07, 6.45) is 2.47. The van der Waals surface area contributed by atoms with Crippen molar-refractivity contribution in [3.8, 4) is 0 Å². The molecule has 5 heteroatoms. The average Bonchev–Trinajstić information content (AvgIpc) is 2.53. The minimum Gasteiger partial charge on any atom is -0.467 e. The van der Waals surface area contributed by atoms with Gasteiger partial charge in [0.2, 0.25) is 0 Å². The van der Waals surface area contributed by atoms with Gasteiger partial charge in [0.25, 0.3) is 5.91 Å². The highest BCUT2D eigenvalue weighted by atomic mass is 16.5. The van der Waals surface area contributed by atoms with Crippen LogP contribution in [0.2, 0.25) is 0 Å². The first kappa shape index (κ1) is 14.5. The zero-order chi connectivity index (χ0) is 14.5. The number of hydrogen-bond donors (Lipinski definition) is 1. The molecule has 1 aliphatic heterocycles. The maximum absolute atomic E-state index is 12.5. The fourth-order valence-corrected chi connectivity index (χ4v) is 2.47. The van der Waals surface area contributed by atoms with Crippen molar-refractivity contribution in [3.05, 3.63) is 35.4 Å². The van der Waals surface area contributed by atoms with Crippen LogP contribution in [-0.2, 0) is 16.1 Å². The molecular weight excluding hydrogens is 258 g/mol. The Morgan fingerprint density at radius 3 is 2.60 bits per heavy atom. The van der Waals surface area contributed by atoms with E-state index in [1.165, 1.54) is 7.11 Å². The van der Waals surface area contributed by atoms with Gasteiger partial charge in [-0.3, -0.25) is 4.79 Å². The van der Waals surface area contributed by atoms with Gasteiger partial charge in [-0.05, 0) is 37.0 Å². The number of esters is 1. The number of aliphatic hydroxyl groups excluding tert-OH is 1. The van der Waals surface area contributed by atoms with E-state index in [9.17, 15) is 9.59 Å². The number of methoxy groups -OCH3 is 1. The first-order chi connectivity index (χ1) is 9.67. The second-order valence-electron chi connectivity index (χ2n) is 4.89. The van der Waals surface area contributed by atoms with E-state index in [-0.39, 0.29) is 18.5 Å². The highest BCUT2D eigenvalue weighted by Crippen LogP contribution is 2.21. The molecule has 0 radical (unpaired) electrons. The van der Waals surface area contributed by atoms with Crippen LogP contribution < -0.4 is 0 Å². The van der Waals surface area contributed by atoms with Crippen molar-refractivity contribution in [2.45, 2.75) is 31.9 Å². The predicted octanol–water partition coefficient (Wildman–Crippen LogP) is 1.35. The van der Waals surface area contributed by atoms with Gasteiger partial charge in [0.15, 0.2) is 0 Å². The van der Waals surface area contributed by atoms with Crippen LogP contribution in [0, 0.1) is 0 Å². The van der Waals surface area contributed by atoms with Gasteiger partial charge in [0.1, 0.15) is 6.04 Å². The number of carbonyl (C=O) groups excluding carboxylic acids is 2. The predicted molar refractivity (Wildman–Crippen MR) is 73.1 cm³/mol. The summed E-state index contributed by atoms with van der Waals surface area (Å²) in [5.41, 5.74) is 1.28. The topological polar surface area (TPSA) is 66.8 Å². The Labute approximate surface area is 118 Å². The fourth-order valence-electron chi connectivity index (χ4n) is 2.47. The van der Waals surface area contributed by atoms with Gasteiger partial charge in [0.05, 0.1) is 13.7 Å². The molecule has 0 spiro atoms. The molecule has 20 heavy (non-hydrogen) atoms. The molecule has 1 saturated heterocycles. The Hall–Kier alpha value is -1.88. The summed E-state index contributed by atoms with van der Waals surface area (Å²) in [5.74, 6) is -0.519. The molecule has 1 aliphatic rings.